The Balaban J connectivity index is 1.18. The summed E-state index contributed by atoms with van der Waals surface area (Å²) >= 11 is 0. The van der Waals surface area contributed by atoms with Gasteiger partial charge in [-0.05, 0) is 62.1 Å². The number of nitrogens with zero attached hydrogens (tertiary/aromatic N) is 5. The van der Waals surface area contributed by atoms with Crippen LogP contribution in [0.5, 0.6) is 0 Å². The van der Waals surface area contributed by atoms with Crippen LogP contribution in [0.2, 0.25) is 0 Å². The number of hydrogen-bond donors (Lipinski definition) is 5. The number of hydrogen-bond acceptors (Lipinski definition) is 11. The van der Waals surface area contributed by atoms with Gasteiger partial charge in [-0.1, -0.05) is 12.1 Å². The molecular formula is C31H36F3N8O6P. The summed E-state index contributed by atoms with van der Waals surface area (Å²) in [5.41, 5.74) is -0.352. The Bertz CT molecular complexity index is 1810. The predicted octanol–water partition coefficient (Wildman–Crippen LogP) is 2.56. The van der Waals surface area contributed by atoms with Gasteiger partial charge in [0.15, 0.2) is 0 Å². The van der Waals surface area contributed by atoms with Crippen LogP contribution in [0, 0.1) is 17.2 Å². The molecule has 5 N–H and O–H groups in total. The molecule has 1 atom stereocenters. The first-order chi connectivity index (χ1) is 23.2. The lowest BCUT2D eigenvalue weighted by molar-refractivity contribution is -0.144. The van der Waals surface area contributed by atoms with Crippen LogP contribution in [0.3, 0.4) is 0 Å². The highest BCUT2D eigenvalue weighted by molar-refractivity contribution is 7.51. The summed E-state index contributed by atoms with van der Waals surface area (Å²) in [4.78, 5) is 66.0. The molecule has 262 valence electrons. The molecule has 0 aliphatic carbocycles. The van der Waals surface area contributed by atoms with Crippen molar-refractivity contribution in [3.63, 3.8) is 0 Å². The summed E-state index contributed by atoms with van der Waals surface area (Å²) < 4.78 is 53.0. The average molecular weight is 705 g/mol. The second-order valence-corrected chi connectivity index (χ2v) is 13.8. The van der Waals surface area contributed by atoms with Crippen molar-refractivity contribution in [3.05, 3.63) is 67.7 Å². The number of anilines is 4. The first-order valence-electron chi connectivity index (χ1n) is 15.8. The third-order valence-electron chi connectivity index (χ3n) is 8.76. The van der Waals surface area contributed by atoms with E-state index in [2.05, 4.69) is 32.0 Å². The Morgan fingerprint density at radius 2 is 1.63 bits per heavy atom. The number of piperidine rings is 1. The number of carbonyl (C=O) groups excluding carboxylic acids is 1. The van der Waals surface area contributed by atoms with Crippen molar-refractivity contribution in [3.8, 4) is 6.07 Å². The number of carbonyl (C=O) groups is 1. The number of amides is 1. The predicted molar refractivity (Wildman–Crippen MR) is 175 cm³/mol. The van der Waals surface area contributed by atoms with Crippen LogP contribution >= 0.6 is 7.60 Å². The molecule has 0 spiro atoms. The minimum absolute atomic E-state index is 0.0238. The molecule has 1 amide bonds. The number of nitriles is 1. The average Bonchev–Trinajstić information content (AvgIpc) is 3.57. The van der Waals surface area contributed by atoms with Gasteiger partial charge in [-0.15, -0.1) is 0 Å². The van der Waals surface area contributed by atoms with Gasteiger partial charge in [-0.25, -0.2) is 9.97 Å². The molecule has 5 rings (SSSR count). The van der Waals surface area contributed by atoms with Crippen LogP contribution in [0.4, 0.5) is 36.2 Å². The van der Waals surface area contributed by atoms with Crippen LogP contribution in [0.15, 0.2) is 39.9 Å². The molecule has 2 saturated heterocycles. The van der Waals surface area contributed by atoms with Gasteiger partial charge < -0.3 is 35.5 Å². The second kappa shape index (κ2) is 14.9. The zero-order valence-corrected chi connectivity index (χ0v) is 27.3. The molecule has 14 nitrogen and oxygen atoms in total. The third-order valence-corrected chi connectivity index (χ3v) is 9.33. The maximum atomic E-state index is 14.0. The molecule has 49 heavy (non-hydrogen) atoms. The number of nitrogens with one attached hydrogen (secondary N) is 3. The van der Waals surface area contributed by atoms with Crippen molar-refractivity contribution in [2.24, 2.45) is 5.92 Å². The number of alkyl halides is 3. The fourth-order valence-electron chi connectivity index (χ4n) is 6.13. The van der Waals surface area contributed by atoms with Crippen molar-refractivity contribution >= 4 is 36.5 Å². The van der Waals surface area contributed by atoms with Crippen LogP contribution in [0.1, 0.15) is 49.1 Å². The maximum Gasteiger partial charge on any atom is 0.451 e. The molecular weight excluding hydrogens is 668 g/mol. The van der Waals surface area contributed by atoms with Crippen molar-refractivity contribution in [1.29, 1.82) is 5.26 Å². The van der Waals surface area contributed by atoms with E-state index in [4.69, 9.17) is 15.0 Å². The smallest absolute Gasteiger partial charge is 0.380 e. The van der Waals surface area contributed by atoms with Gasteiger partial charge in [0.05, 0.1) is 11.6 Å². The van der Waals surface area contributed by atoms with Gasteiger partial charge in [-0.2, -0.15) is 18.4 Å². The monoisotopic (exact) mass is 704 g/mol. The Kier molecular flexibility index (Phi) is 10.9. The van der Waals surface area contributed by atoms with Gasteiger partial charge in [0.25, 0.3) is 10.9 Å². The van der Waals surface area contributed by atoms with E-state index in [0.717, 1.165) is 5.56 Å². The zero-order valence-electron chi connectivity index (χ0n) is 26.4. The first kappa shape index (κ1) is 35.8. The van der Waals surface area contributed by atoms with Gasteiger partial charge in [0.1, 0.15) is 35.3 Å². The highest BCUT2D eigenvalue weighted by Gasteiger charge is 2.39. The van der Waals surface area contributed by atoms with Gasteiger partial charge in [0, 0.05) is 38.8 Å². The minimum atomic E-state index is -4.80. The quantitative estimate of drug-likeness (QED) is 0.129. The normalized spacial score (nSPS) is 17.3. The van der Waals surface area contributed by atoms with Crippen molar-refractivity contribution in [2.45, 2.75) is 50.7 Å². The number of aromatic nitrogens is 2. The molecule has 3 heterocycles. The number of rotatable bonds is 13. The van der Waals surface area contributed by atoms with Crippen molar-refractivity contribution in [2.75, 3.05) is 59.4 Å². The fraction of sp³-hybridized carbons (Fsp3) is 0.484. The summed E-state index contributed by atoms with van der Waals surface area (Å²) in [6.45, 7) is 1.81. The van der Waals surface area contributed by atoms with E-state index in [9.17, 15) is 32.1 Å². The van der Waals surface area contributed by atoms with E-state index in [0.29, 0.717) is 76.8 Å². The first-order valence-corrected chi connectivity index (χ1v) is 17.6. The SMILES string of the molecule is N#Cc1ccc(CCNC(=O)[C@@H]2CCCN2c2cc(N3CCC(CCNc4c(NCP(=O)(O)O)c(=O)c4=O)CC3)nc(C(F)(F)F)n2)cc1. The summed E-state index contributed by atoms with van der Waals surface area (Å²) in [5.74, 6) is -1.28. The van der Waals surface area contributed by atoms with Crippen LogP contribution in [0.25, 0.3) is 0 Å². The van der Waals surface area contributed by atoms with E-state index in [-0.39, 0.29) is 34.8 Å². The van der Waals surface area contributed by atoms with E-state index >= 15 is 0 Å². The molecule has 2 aromatic carbocycles. The topological polar surface area (TPSA) is 201 Å². The van der Waals surface area contributed by atoms with Crippen molar-refractivity contribution < 1.29 is 32.3 Å². The fourth-order valence-corrected chi connectivity index (χ4v) is 6.49. The molecule has 18 heteroatoms. The highest BCUT2D eigenvalue weighted by Crippen LogP contribution is 2.35. The van der Waals surface area contributed by atoms with Gasteiger partial charge >= 0.3 is 13.8 Å². The van der Waals surface area contributed by atoms with Crippen LogP contribution in [-0.4, -0.2) is 70.7 Å². The molecule has 1 aromatic heterocycles. The Morgan fingerprint density at radius 3 is 2.27 bits per heavy atom. The van der Waals surface area contributed by atoms with E-state index in [1.165, 1.54) is 6.07 Å². The van der Waals surface area contributed by atoms with Gasteiger partial charge in [0.2, 0.25) is 11.7 Å². The van der Waals surface area contributed by atoms with Crippen LogP contribution < -0.4 is 36.6 Å². The Morgan fingerprint density at radius 1 is 0.980 bits per heavy atom. The van der Waals surface area contributed by atoms with E-state index < -0.39 is 42.8 Å². The van der Waals surface area contributed by atoms with E-state index in [1.807, 2.05) is 0 Å². The number of halogens is 3. The molecule has 3 aromatic rings. The molecule has 2 aliphatic heterocycles. The molecule has 2 aliphatic rings. The van der Waals surface area contributed by atoms with Crippen molar-refractivity contribution in [1.82, 2.24) is 15.3 Å². The molecule has 0 saturated carbocycles. The summed E-state index contributed by atoms with van der Waals surface area (Å²) in [6, 6.07) is 9.85. The summed E-state index contributed by atoms with van der Waals surface area (Å²) in [5, 5.41) is 17.0. The highest BCUT2D eigenvalue weighted by atomic mass is 31.2. The molecule has 0 bridgehead atoms. The lowest BCUT2D eigenvalue weighted by Gasteiger charge is -2.34. The van der Waals surface area contributed by atoms with E-state index in [1.54, 1.807) is 34.1 Å². The minimum Gasteiger partial charge on any atom is -0.380 e. The maximum absolute atomic E-state index is 14.0. The second-order valence-electron chi connectivity index (χ2n) is 12.2. The summed E-state index contributed by atoms with van der Waals surface area (Å²) in [6.07, 6.45) is -2.17. The third kappa shape index (κ3) is 8.94. The molecule has 0 unspecified atom stereocenters. The van der Waals surface area contributed by atoms with Crippen LogP contribution in [-0.2, 0) is 22.0 Å². The lowest BCUT2D eigenvalue weighted by atomic mass is 9.93. The zero-order chi connectivity index (χ0) is 35.3. The van der Waals surface area contributed by atoms with Gasteiger partial charge in [-0.3, -0.25) is 18.9 Å². The molecule has 0 radical (unpaired) electrons. The standard InChI is InChI=1S/C31H36F3N8O6P/c32-31(33,34)30-39-23(41-14-9-20(10-15-41)7-11-36-25-26(28(44)27(25)43)38-18-49(46,47)48)16-24(40-30)42-13-1-2-22(42)29(45)37-12-8-19-3-5-21(17-35)6-4-19/h3-6,16,20,22,36,38H,1-2,7-15,18H2,(H,37,45)(H2,46,47,48)/t22-/m0/s1. The largest absolute Gasteiger partial charge is 0.451 e. The Labute approximate surface area is 279 Å². The lowest BCUT2D eigenvalue weighted by Crippen LogP contribution is -2.44. The Hall–Kier alpha value is -4.52. The summed E-state index contributed by atoms with van der Waals surface area (Å²) in [7, 11) is -4.44. The molecule has 2 fully saturated rings. The number of benzene rings is 1.